The molecule has 0 unspecified atom stereocenters. The predicted octanol–water partition coefficient (Wildman–Crippen LogP) is 1.92. The largest absolute Gasteiger partial charge is 0.303 e. The molecule has 1 atom stereocenters. The maximum Gasteiger partial charge on any atom is 0.0596 e. The molecule has 108 valence electrons. The number of nitrogens with zero attached hydrogens (tertiary/aromatic N) is 4. The molecule has 0 aromatic carbocycles. The van der Waals surface area contributed by atoms with Gasteiger partial charge in [-0.3, -0.25) is 9.58 Å². The molecule has 0 bridgehead atoms. The average Bonchev–Trinajstić information content (AvgIpc) is 2.93. The van der Waals surface area contributed by atoms with Gasteiger partial charge in [-0.25, -0.2) is 0 Å². The summed E-state index contributed by atoms with van der Waals surface area (Å²) >= 11 is 0. The van der Waals surface area contributed by atoms with Crippen LogP contribution in [-0.4, -0.2) is 58.8 Å². The fourth-order valence-electron chi connectivity index (χ4n) is 3.14. The summed E-state index contributed by atoms with van der Waals surface area (Å²) < 4.78 is 2.12. The van der Waals surface area contributed by atoms with Gasteiger partial charge < -0.3 is 4.90 Å². The Morgan fingerprint density at radius 2 is 2.21 bits per heavy atom. The maximum atomic E-state index is 4.52. The number of likely N-dealkylation sites (N-methyl/N-ethyl adjacent to an activating group) is 2. The van der Waals surface area contributed by atoms with Crippen molar-refractivity contribution in [1.82, 2.24) is 19.6 Å². The first kappa shape index (κ1) is 14.5. The zero-order chi connectivity index (χ0) is 13.8. The lowest BCUT2D eigenvalue weighted by molar-refractivity contribution is 0.194. The summed E-state index contributed by atoms with van der Waals surface area (Å²) in [6.07, 6.45) is 2.72. The Kier molecular flexibility index (Phi) is 4.99. The van der Waals surface area contributed by atoms with E-state index in [1.807, 2.05) is 0 Å². The van der Waals surface area contributed by atoms with E-state index in [9.17, 15) is 0 Å². The van der Waals surface area contributed by atoms with E-state index in [0.29, 0.717) is 0 Å². The van der Waals surface area contributed by atoms with Gasteiger partial charge in [0.2, 0.25) is 0 Å². The van der Waals surface area contributed by atoms with Crippen LogP contribution in [0.1, 0.15) is 31.2 Å². The molecule has 1 saturated heterocycles. The van der Waals surface area contributed by atoms with Crippen LogP contribution in [0.15, 0.2) is 6.07 Å². The second kappa shape index (κ2) is 6.53. The van der Waals surface area contributed by atoms with Gasteiger partial charge in [-0.1, -0.05) is 6.92 Å². The summed E-state index contributed by atoms with van der Waals surface area (Å²) in [7, 11) is 2.23. The first-order valence-electron chi connectivity index (χ1n) is 7.53. The number of aryl methyl sites for hydroxylation is 2. The monoisotopic (exact) mass is 264 g/mol. The molecule has 19 heavy (non-hydrogen) atoms. The molecular weight excluding hydrogens is 236 g/mol. The Labute approximate surface area is 117 Å². The van der Waals surface area contributed by atoms with Crippen LogP contribution in [0.2, 0.25) is 0 Å². The van der Waals surface area contributed by atoms with E-state index in [-0.39, 0.29) is 0 Å². The van der Waals surface area contributed by atoms with Crippen LogP contribution in [0.25, 0.3) is 0 Å². The van der Waals surface area contributed by atoms with Crippen molar-refractivity contribution < 1.29 is 0 Å². The van der Waals surface area contributed by atoms with Crippen molar-refractivity contribution in [3.05, 3.63) is 17.5 Å². The van der Waals surface area contributed by atoms with Gasteiger partial charge in [0.05, 0.1) is 12.2 Å². The van der Waals surface area contributed by atoms with E-state index >= 15 is 0 Å². The molecule has 1 aromatic heterocycles. The third kappa shape index (κ3) is 3.80. The van der Waals surface area contributed by atoms with Gasteiger partial charge in [-0.05, 0) is 52.9 Å². The summed E-state index contributed by atoms with van der Waals surface area (Å²) in [4.78, 5) is 5.06. The molecule has 1 aliphatic rings. The molecule has 4 heteroatoms. The highest BCUT2D eigenvalue weighted by molar-refractivity contribution is 5.06. The Morgan fingerprint density at radius 1 is 1.42 bits per heavy atom. The maximum absolute atomic E-state index is 4.52. The summed E-state index contributed by atoms with van der Waals surface area (Å²) in [5, 5.41) is 4.52. The molecule has 1 aliphatic heterocycles. The average molecular weight is 264 g/mol. The lowest BCUT2D eigenvalue weighted by Gasteiger charge is -2.27. The minimum absolute atomic E-state index is 0.760. The molecule has 0 saturated carbocycles. The van der Waals surface area contributed by atoms with Gasteiger partial charge >= 0.3 is 0 Å². The minimum Gasteiger partial charge on any atom is -0.303 e. The highest BCUT2D eigenvalue weighted by Gasteiger charge is 2.23. The smallest absolute Gasteiger partial charge is 0.0596 e. The van der Waals surface area contributed by atoms with Gasteiger partial charge in [0.1, 0.15) is 0 Å². The van der Waals surface area contributed by atoms with Gasteiger partial charge in [0, 0.05) is 24.8 Å². The van der Waals surface area contributed by atoms with Crippen molar-refractivity contribution in [2.75, 3.05) is 33.2 Å². The van der Waals surface area contributed by atoms with E-state index in [1.54, 1.807) is 0 Å². The minimum atomic E-state index is 0.760. The molecule has 0 N–H and O–H groups in total. The third-order valence-electron chi connectivity index (χ3n) is 4.22. The number of hydrogen-bond acceptors (Lipinski definition) is 3. The first-order chi connectivity index (χ1) is 9.10. The van der Waals surface area contributed by atoms with E-state index in [2.05, 4.69) is 53.5 Å². The highest BCUT2D eigenvalue weighted by atomic mass is 15.3. The summed E-state index contributed by atoms with van der Waals surface area (Å²) in [5.41, 5.74) is 2.38. The van der Waals surface area contributed by atoms with Crippen LogP contribution in [0.4, 0.5) is 0 Å². The van der Waals surface area contributed by atoms with Crippen LogP contribution in [0.5, 0.6) is 0 Å². The topological polar surface area (TPSA) is 24.3 Å². The van der Waals surface area contributed by atoms with Crippen LogP contribution in [0, 0.1) is 13.8 Å². The first-order valence-corrected chi connectivity index (χ1v) is 7.53. The molecule has 4 nitrogen and oxygen atoms in total. The van der Waals surface area contributed by atoms with E-state index in [1.165, 1.54) is 38.2 Å². The standard InChI is InChI=1S/C15H28N4/c1-5-18-8-6-7-15(18)12-17(4)9-10-19-14(3)11-13(2)16-19/h11,15H,5-10,12H2,1-4H3/t15-/m1/s1. The number of hydrogen-bond donors (Lipinski definition) is 0. The fourth-order valence-corrected chi connectivity index (χ4v) is 3.14. The van der Waals surface area contributed by atoms with Crippen LogP contribution >= 0.6 is 0 Å². The second-order valence-corrected chi connectivity index (χ2v) is 5.84. The number of aromatic nitrogens is 2. The van der Waals surface area contributed by atoms with Crippen molar-refractivity contribution in [2.45, 2.75) is 46.2 Å². The highest BCUT2D eigenvalue weighted by Crippen LogP contribution is 2.17. The Morgan fingerprint density at radius 3 is 2.84 bits per heavy atom. The van der Waals surface area contributed by atoms with E-state index in [0.717, 1.165) is 24.8 Å². The normalized spacial score (nSPS) is 20.6. The fraction of sp³-hybridized carbons (Fsp3) is 0.800. The second-order valence-electron chi connectivity index (χ2n) is 5.84. The summed E-state index contributed by atoms with van der Waals surface area (Å²) in [6.45, 7) is 12.2. The third-order valence-corrected chi connectivity index (χ3v) is 4.22. The summed E-state index contributed by atoms with van der Waals surface area (Å²) in [6, 6.07) is 2.91. The van der Waals surface area contributed by atoms with Gasteiger partial charge in [-0.15, -0.1) is 0 Å². The zero-order valence-corrected chi connectivity index (χ0v) is 12.9. The quantitative estimate of drug-likeness (QED) is 0.784. The Bertz CT molecular complexity index is 399. The molecule has 0 spiro atoms. The molecule has 0 radical (unpaired) electrons. The lowest BCUT2D eigenvalue weighted by atomic mass is 10.2. The Balaban J connectivity index is 1.78. The van der Waals surface area contributed by atoms with Crippen LogP contribution in [-0.2, 0) is 6.54 Å². The van der Waals surface area contributed by atoms with Crippen molar-refractivity contribution in [2.24, 2.45) is 0 Å². The van der Waals surface area contributed by atoms with Gasteiger partial charge in [0.25, 0.3) is 0 Å². The molecular formula is C15H28N4. The number of likely N-dealkylation sites (tertiary alicyclic amines) is 1. The zero-order valence-electron chi connectivity index (χ0n) is 12.9. The van der Waals surface area contributed by atoms with Gasteiger partial charge in [-0.2, -0.15) is 5.10 Å². The van der Waals surface area contributed by atoms with Crippen molar-refractivity contribution >= 4 is 0 Å². The number of rotatable bonds is 6. The molecule has 2 heterocycles. The molecule has 1 fully saturated rings. The lowest BCUT2D eigenvalue weighted by Crippen LogP contribution is -2.39. The van der Waals surface area contributed by atoms with E-state index in [4.69, 9.17) is 0 Å². The van der Waals surface area contributed by atoms with Gasteiger partial charge in [0.15, 0.2) is 0 Å². The SMILES string of the molecule is CCN1CCC[C@@H]1CN(C)CCn1nc(C)cc1C. The van der Waals surface area contributed by atoms with Crippen molar-refractivity contribution in [1.29, 1.82) is 0 Å². The van der Waals surface area contributed by atoms with Crippen LogP contribution < -0.4 is 0 Å². The molecule has 2 rings (SSSR count). The molecule has 0 amide bonds. The summed E-state index contributed by atoms with van der Waals surface area (Å²) in [5.74, 6) is 0. The Hall–Kier alpha value is -0.870. The molecule has 1 aromatic rings. The molecule has 0 aliphatic carbocycles. The van der Waals surface area contributed by atoms with Crippen molar-refractivity contribution in [3.63, 3.8) is 0 Å². The predicted molar refractivity (Wildman–Crippen MR) is 79.5 cm³/mol. The van der Waals surface area contributed by atoms with Crippen molar-refractivity contribution in [3.8, 4) is 0 Å². The van der Waals surface area contributed by atoms with E-state index < -0.39 is 0 Å². The van der Waals surface area contributed by atoms with Crippen LogP contribution in [0.3, 0.4) is 0 Å².